The maximum absolute atomic E-state index is 12.5. The SMILES string of the molecule is CC(C)OCc1ccc(C(=O)N(C)CC(=O)Nc2ccc(Cl)cc2)cc1. The molecule has 0 bridgehead atoms. The summed E-state index contributed by atoms with van der Waals surface area (Å²) in [6, 6.07) is 14.0. The first-order valence-corrected chi connectivity index (χ1v) is 8.74. The van der Waals surface area contributed by atoms with Crippen molar-refractivity contribution in [1.29, 1.82) is 0 Å². The van der Waals surface area contributed by atoms with Gasteiger partial charge >= 0.3 is 0 Å². The standard InChI is InChI=1S/C20H23ClN2O3/c1-14(2)26-13-15-4-6-16(7-5-15)20(25)23(3)12-19(24)22-18-10-8-17(21)9-11-18/h4-11,14H,12-13H2,1-3H3,(H,22,24). The molecule has 5 nitrogen and oxygen atoms in total. The summed E-state index contributed by atoms with van der Waals surface area (Å²) in [4.78, 5) is 25.9. The first-order valence-electron chi connectivity index (χ1n) is 8.36. The van der Waals surface area contributed by atoms with Crippen molar-refractivity contribution in [3.05, 3.63) is 64.7 Å². The Morgan fingerprint density at radius 1 is 1.08 bits per heavy atom. The number of hydrogen-bond acceptors (Lipinski definition) is 3. The summed E-state index contributed by atoms with van der Waals surface area (Å²) in [5.74, 6) is -0.488. The van der Waals surface area contributed by atoms with E-state index in [1.54, 1.807) is 43.4 Å². The Hall–Kier alpha value is -2.37. The van der Waals surface area contributed by atoms with Gasteiger partial charge < -0.3 is 15.0 Å². The van der Waals surface area contributed by atoms with E-state index < -0.39 is 0 Å². The van der Waals surface area contributed by atoms with Crippen molar-refractivity contribution >= 4 is 29.1 Å². The molecule has 1 N–H and O–H groups in total. The molecule has 0 atom stereocenters. The number of halogens is 1. The quantitative estimate of drug-likeness (QED) is 0.797. The number of nitrogens with one attached hydrogen (secondary N) is 1. The van der Waals surface area contributed by atoms with Crippen molar-refractivity contribution in [2.45, 2.75) is 26.6 Å². The number of hydrogen-bond donors (Lipinski definition) is 1. The Morgan fingerprint density at radius 3 is 2.27 bits per heavy atom. The van der Waals surface area contributed by atoms with Crippen LogP contribution in [0.3, 0.4) is 0 Å². The summed E-state index contributed by atoms with van der Waals surface area (Å²) in [6.45, 7) is 4.41. The fraction of sp³-hybridized carbons (Fsp3) is 0.300. The van der Waals surface area contributed by atoms with Crippen LogP contribution in [0, 0.1) is 0 Å². The lowest BCUT2D eigenvalue weighted by Gasteiger charge is -2.17. The third-order valence-electron chi connectivity index (χ3n) is 3.64. The minimum absolute atomic E-state index is 0.0420. The second-order valence-corrected chi connectivity index (χ2v) is 6.71. The predicted octanol–water partition coefficient (Wildman–Crippen LogP) is 3.98. The highest BCUT2D eigenvalue weighted by atomic mass is 35.5. The molecule has 0 heterocycles. The maximum Gasteiger partial charge on any atom is 0.254 e. The number of likely N-dealkylation sites (N-methyl/N-ethyl adjacent to an activating group) is 1. The predicted molar refractivity (Wildman–Crippen MR) is 103 cm³/mol. The molecule has 0 aliphatic rings. The van der Waals surface area contributed by atoms with E-state index in [1.165, 1.54) is 4.90 Å². The molecular formula is C20H23ClN2O3. The van der Waals surface area contributed by atoms with Crippen molar-refractivity contribution in [3.8, 4) is 0 Å². The highest BCUT2D eigenvalue weighted by molar-refractivity contribution is 6.30. The van der Waals surface area contributed by atoms with Gasteiger partial charge in [0.15, 0.2) is 0 Å². The fourth-order valence-corrected chi connectivity index (χ4v) is 2.37. The number of anilines is 1. The zero-order valence-corrected chi connectivity index (χ0v) is 15.9. The van der Waals surface area contributed by atoms with Gasteiger partial charge in [-0.05, 0) is 55.8 Å². The molecule has 0 saturated heterocycles. The minimum atomic E-state index is -0.273. The third kappa shape index (κ3) is 6.17. The van der Waals surface area contributed by atoms with Crippen LogP contribution in [0.15, 0.2) is 48.5 Å². The van der Waals surface area contributed by atoms with Crippen LogP contribution in [0.25, 0.3) is 0 Å². The van der Waals surface area contributed by atoms with Crippen molar-refractivity contribution in [3.63, 3.8) is 0 Å². The van der Waals surface area contributed by atoms with Crippen LogP contribution in [0.1, 0.15) is 29.8 Å². The van der Waals surface area contributed by atoms with E-state index in [-0.39, 0.29) is 24.5 Å². The smallest absolute Gasteiger partial charge is 0.254 e. The van der Waals surface area contributed by atoms with Gasteiger partial charge in [-0.2, -0.15) is 0 Å². The zero-order valence-electron chi connectivity index (χ0n) is 15.2. The molecule has 0 radical (unpaired) electrons. The monoisotopic (exact) mass is 374 g/mol. The second-order valence-electron chi connectivity index (χ2n) is 6.27. The number of amides is 2. The molecule has 138 valence electrons. The summed E-state index contributed by atoms with van der Waals surface area (Å²) >= 11 is 5.81. The number of carbonyl (C=O) groups excluding carboxylic acids is 2. The van der Waals surface area contributed by atoms with Crippen molar-refractivity contribution in [2.75, 3.05) is 18.9 Å². The van der Waals surface area contributed by atoms with E-state index in [0.29, 0.717) is 22.9 Å². The average Bonchev–Trinajstić information content (AvgIpc) is 2.61. The molecule has 0 aliphatic heterocycles. The second kappa shape index (κ2) is 9.36. The van der Waals surface area contributed by atoms with E-state index in [0.717, 1.165) is 5.56 Å². The van der Waals surface area contributed by atoms with Crippen LogP contribution in [-0.4, -0.2) is 36.4 Å². The molecule has 0 spiro atoms. The number of ether oxygens (including phenoxy) is 1. The molecule has 2 amide bonds. The fourth-order valence-electron chi connectivity index (χ4n) is 2.25. The van der Waals surface area contributed by atoms with Gasteiger partial charge in [0, 0.05) is 23.3 Å². The first kappa shape index (κ1) is 19.9. The van der Waals surface area contributed by atoms with Gasteiger partial charge in [0.1, 0.15) is 0 Å². The number of rotatable bonds is 7. The topological polar surface area (TPSA) is 58.6 Å². The normalized spacial score (nSPS) is 10.7. The summed E-state index contributed by atoms with van der Waals surface area (Å²) in [7, 11) is 1.60. The minimum Gasteiger partial charge on any atom is -0.374 e. The summed E-state index contributed by atoms with van der Waals surface area (Å²) in [5.41, 5.74) is 2.16. The third-order valence-corrected chi connectivity index (χ3v) is 3.89. The molecule has 2 rings (SSSR count). The van der Waals surface area contributed by atoms with Gasteiger partial charge in [-0.15, -0.1) is 0 Å². The van der Waals surface area contributed by atoms with Gasteiger partial charge in [-0.25, -0.2) is 0 Å². The van der Waals surface area contributed by atoms with Gasteiger partial charge in [0.05, 0.1) is 19.3 Å². The molecule has 0 fully saturated rings. The summed E-state index contributed by atoms with van der Waals surface area (Å²) in [6.07, 6.45) is 0.154. The van der Waals surface area contributed by atoms with E-state index in [4.69, 9.17) is 16.3 Å². The number of benzene rings is 2. The van der Waals surface area contributed by atoms with Crippen LogP contribution in [-0.2, 0) is 16.1 Å². The van der Waals surface area contributed by atoms with Crippen LogP contribution in [0.2, 0.25) is 5.02 Å². The average molecular weight is 375 g/mol. The molecule has 0 aromatic heterocycles. The van der Waals surface area contributed by atoms with Crippen LogP contribution in [0.4, 0.5) is 5.69 Å². The van der Waals surface area contributed by atoms with Crippen molar-refractivity contribution < 1.29 is 14.3 Å². The van der Waals surface area contributed by atoms with Crippen LogP contribution < -0.4 is 5.32 Å². The molecule has 26 heavy (non-hydrogen) atoms. The number of nitrogens with zero attached hydrogens (tertiary/aromatic N) is 1. The Labute approximate surface area is 158 Å². The highest BCUT2D eigenvalue weighted by Gasteiger charge is 2.15. The van der Waals surface area contributed by atoms with Crippen molar-refractivity contribution in [1.82, 2.24) is 4.90 Å². The summed E-state index contributed by atoms with van der Waals surface area (Å²) in [5, 5.41) is 3.33. The molecule has 2 aromatic rings. The highest BCUT2D eigenvalue weighted by Crippen LogP contribution is 2.13. The molecular weight excluding hydrogens is 352 g/mol. The van der Waals surface area contributed by atoms with E-state index in [9.17, 15) is 9.59 Å². The molecule has 6 heteroatoms. The Balaban J connectivity index is 1.89. The lowest BCUT2D eigenvalue weighted by Crippen LogP contribution is -2.34. The molecule has 2 aromatic carbocycles. The van der Waals surface area contributed by atoms with E-state index >= 15 is 0 Å². The zero-order chi connectivity index (χ0) is 19.1. The maximum atomic E-state index is 12.5. The van der Waals surface area contributed by atoms with Gasteiger partial charge in [-0.1, -0.05) is 23.7 Å². The largest absolute Gasteiger partial charge is 0.374 e. The van der Waals surface area contributed by atoms with Gasteiger partial charge in [0.25, 0.3) is 5.91 Å². The lowest BCUT2D eigenvalue weighted by molar-refractivity contribution is -0.116. The Bertz CT molecular complexity index is 743. The van der Waals surface area contributed by atoms with E-state index in [2.05, 4.69) is 5.32 Å². The Morgan fingerprint density at radius 2 is 1.69 bits per heavy atom. The van der Waals surface area contributed by atoms with Crippen LogP contribution >= 0.6 is 11.6 Å². The molecule has 0 unspecified atom stereocenters. The van der Waals surface area contributed by atoms with Gasteiger partial charge in [-0.3, -0.25) is 9.59 Å². The van der Waals surface area contributed by atoms with E-state index in [1.807, 2.05) is 26.0 Å². The summed E-state index contributed by atoms with van der Waals surface area (Å²) < 4.78 is 5.54. The molecule has 0 saturated carbocycles. The van der Waals surface area contributed by atoms with Crippen molar-refractivity contribution in [2.24, 2.45) is 0 Å². The lowest BCUT2D eigenvalue weighted by atomic mass is 10.1. The molecule has 0 aliphatic carbocycles. The van der Waals surface area contributed by atoms with Gasteiger partial charge in [0.2, 0.25) is 5.91 Å². The Kier molecular flexibility index (Phi) is 7.18. The van der Waals surface area contributed by atoms with Crippen LogP contribution in [0.5, 0.6) is 0 Å². The number of carbonyl (C=O) groups is 2. The first-order chi connectivity index (χ1) is 12.3.